The van der Waals surface area contributed by atoms with E-state index in [0.29, 0.717) is 28.2 Å². The molecule has 0 unspecified atom stereocenters. The summed E-state index contributed by atoms with van der Waals surface area (Å²) in [5, 5.41) is 6.39. The van der Waals surface area contributed by atoms with E-state index in [0.717, 1.165) is 30.9 Å². The van der Waals surface area contributed by atoms with E-state index < -0.39 is 10.0 Å². The lowest BCUT2D eigenvalue weighted by molar-refractivity contribution is -0.110. The number of sulfonamides is 1. The van der Waals surface area contributed by atoms with E-state index in [4.69, 9.17) is 0 Å². The van der Waals surface area contributed by atoms with Crippen LogP contribution in [-0.2, 0) is 27.9 Å². The molecular weight excluding hydrogens is 580 g/mol. The molecule has 3 N–H and O–H groups in total. The summed E-state index contributed by atoms with van der Waals surface area (Å²) in [6, 6.07) is 41.6. The van der Waals surface area contributed by atoms with Crippen molar-refractivity contribution in [3.63, 3.8) is 0 Å². The number of anilines is 3. The van der Waals surface area contributed by atoms with Gasteiger partial charge in [0.2, 0.25) is 0 Å². The van der Waals surface area contributed by atoms with Crippen molar-refractivity contribution in [2.45, 2.75) is 24.9 Å². The van der Waals surface area contributed by atoms with Crippen LogP contribution in [0.15, 0.2) is 138 Å². The Morgan fingerprint density at radius 2 is 1.31 bits per heavy atom. The zero-order valence-electron chi connectivity index (χ0n) is 24.9. The number of hydrogen-bond donors (Lipinski definition) is 3. The zero-order valence-corrected chi connectivity index (χ0v) is 25.7. The highest BCUT2D eigenvalue weighted by molar-refractivity contribution is 7.92. The van der Waals surface area contributed by atoms with Gasteiger partial charge in [0, 0.05) is 35.7 Å². The van der Waals surface area contributed by atoms with Crippen LogP contribution in [0.5, 0.6) is 0 Å². The first-order valence-electron chi connectivity index (χ1n) is 14.9. The third kappa shape index (κ3) is 6.98. The van der Waals surface area contributed by atoms with Crippen molar-refractivity contribution in [3.05, 3.63) is 156 Å². The lowest BCUT2D eigenvalue weighted by Gasteiger charge is -2.21. The molecule has 1 aliphatic rings. The average Bonchev–Trinajstić information content (AvgIpc) is 3.40. The van der Waals surface area contributed by atoms with Gasteiger partial charge in [-0.05, 0) is 65.7 Å². The van der Waals surface area contributed by atoms with Gasteiger partial charge < -0.3 is 10.6 Å². The van der Waals surface area contributed by atoms with Crippen LogP contribution in [0.2, 0.25) is 0 Å². The van der Waals surface area contributed by atoms with Crippen molar-refractivity contribution in [2.24, 2.45) is 0 Å². The summed E-state index contributed by atoms with van der Waals surface area (Å²) in [7, 11) is -3.90. The van der Waals surface area contributed by atoms with Gasteiger partial charge in [0.1, 0.15) is 0 Å². The van der Waals surface area contributed by atoms with Crippen LogP contribution in [0.4, 0.5) is 17.1 Å². The molecule has 0 spiro atoms. The summed E-state index contributed by atoms with van der Waals surface area (Å²) in [6.45, 7) is 4.76. The molecule has 8 heteroatoms. The summed E-state index contributed by atoms with van der Waals surface area (Å²) in [6.07, 6.45) is 0. The minimum atomic E-state index is -3.90. The third-order valence-electron chi connectivity index (χ3n) is 7.71. The second-order valence-electron chi connectivity index (χ2n) is 10.9. The fourth-order valence-corrected chi connectivity index (χ4v) is 6.47. The van der Waals surface area contributed by atoms with Crippen molar-refractivity contribution in [1.82, 2.24) is 4.90 Å². The molecule has 1 heterocycles. The molecule has 1 amide bonds. The smallest absolute Gasteiger partial charge is 0.261 e. The number of para-hydroxylation sites is 1. The molecule has 0 fully saturated rings. The van der Waals surface area contributed by atoms with Crippen molar-refractivity contribution in [3.8, 4) is 0 Å². The lowest BCUT2D eigenvalue weighted by atomic mass is 10.00. The van der Waals surface area contributed by atoms with Crippen LogP contribution in [-0.4, -0.2) is 25.8 Å². The highest BCUT2D eigenvalue weighted by Gasteiger charge is 2.30. The Balaban J connectivity index is 1.31. The Bertz CT molecular complexity index is 1930. The van der Waals surface area contributed by atoms with Gasteiger partial charge in [-0.2, -0.15) is 0 Å². The molecular formula is C37H34N4O3S. The molecule has 5 aromatic rings. The van der Waals surface area contributed by atoms with Gasteiger partial charge in [0.15, 0.2) is 0 Å². The molecule has 0 radical (unpaired) electrons. The molecule has 0 saturated heterocycles. The van der Waals surface area contributed by atoms with Crippen LogP contribution in [0.1, 0.15) is 29.2 Å². The van der Waals surface area contributed by atoms with Gasteiger partial charge >= 0.3 is 0 Å². The second-order valence-corrected chi connectivity index (χ2v) is 12.5. The third-order valence-corrected chi connectivity index (χ3v) is 9.09. The molecule has 226 valence electrons. The van der Waals surface area contributed by atoms with Crippen LogP contribution in [0, 0.1) is 0 Å². The molecule has 7 nitrogen and oxygen atoms in total. The van der Waals surface area contributed by atoms with E-state index >= 15 is 0 Å². The first-order valence-corrected chi connectivity index (χ1v) is 16.3. The molecule has 1 aliphatic heterocycles. The van der Waals surface area contributed by atoms with Crippen LogP contribution in [0.3, 0.4) is 0 Å². The zero-order chi connectivity index (χ0) is 31.2. The number of carbonyl (C=O) groups excluding carboxylic acids is 1. The van der Waals surface area contributed by atoms with E-state index in [2.05, 4.69) is 63.6 Å². The lowest BCUT2D eigenvalue weighted by Crippen LogP contribution is -2.22. The molecule has 0 aromatic heterocycles. The predicted octanol–water partition coefficient (Wildman–Crippen LogP) is 7.44. The summed E-state index contributed by atoms with van der Waals surface area (Å²) in [5.41, 5.74) is 6.55. The van der Waals surface area contributed by atoms with E-state index in [1.807, 2.05) is 54.6 Å². The number of amides is 1. The normalized spacial score (nSPS) is 13.7. The van der Waals surface area contributed by atoms with Gasteiger partial charge in [0.25, 0.3) is 15.9 Å². The minimum absolute atomic E-state index is 0.0619. The van der Waals surface area contributed by atoms with Crippen LogP contribution >= 0.6 is 0 Å². The van der Waals surface area contributed by atoms with E-state index in [1.165, 1.54) is 17.2 Å². The van der Waals surface area contributed by atoms with Crippen LogP contribution in [0.25, 0.3) is 11.3 Å². The number of rotatable bonds is 11. The Labute approximate surface area is 264 Å². The van der Waals surface area contributed by atoms with Gasteiger partial charge in [-0.1, -0.05) is 97.9 Å². The largest absolute Gasteiger partial charge is 0.354 e. The number of carbonyl (C=O) groups is 1. The standard InChI is InChI=1S/C37H34N4O3S/c1-2-41(25-27-12-6-3-7-13-27)26-28-18-20-30(21-19-28)38-36(29-14-8-4-9-15-29)35-33-24-32(22-23-34(33)39-37(35)42)45(43,44)40-31-16-10-5-11-17-31/h3-24,38,40H,2,25-26H2,1H3,(H,39,42)/b36-35-. The van der Waals surface area contributed by atoms with E-state index in [-0.39, 0.29) is 10.8 Å². The van der Waals surface area contributed by atoms with Crippen molar-refractivity contribution in [1.29, 1.82) is 0 Å². The molecule has 6 rings (SSSR count). The van der Waals surface area contributed by atoms with Gasteiger partial charge in [-0.15, -0.1) is 0 Å². The molecule has 5 aromatic carbocycles. The van der Waals surface area contributed by atoms with Gasteiger partial charge in [-0.25, -0.2) is 8.42 Å². The maximum absolute atomic E-state index is 13.5. The number of nitrogens with one attached hydrogen (secondary N) is 3. The SMILES string of the molecule is CCN(Cc1ccccc1)Cc1ccc(N/C(=C2\C(=O)Nc3ccc(S(=O)(=O)Nc4ccccc4)cc32)c2ccccc2)cc1. The highest BCUT2D eigenvalue weighted by Crippen LogP contribution is 2.39. The Kier molecular flexibility index (Phi) is 8.77. The van der Waals surface area contributed by atoms with E-state index in [9.17, 15) is 13.2 Å². The topological polar surface area (TPSA) is 90.5 Å². The van der Waals surface area contributed by atoms with Gasteiger partial charge in [-0.3, -0.25) is 14.4 Å². The number of fused-ring (bicyclic) bond motifs is 1. The first-order chi connectivity index (χ1) is 21.9. The molecule has 0 atom stereocenters. The predicted molar refractivity (Wildman–Crippen MR) is 182 cm³/mol. The van der Waals surface area contributed by atoms with Gasteiger partial charge in [0.05, 0.1) is 16.2 Å². The highest BCUT2D eigenvalue weighted by atomic mass is 32.2. The Morgan fingerprint density at radius 3 is 1.96 bits per heavy atom. The van der Waals surface area contributed by atoms with Crippen molar-refractivity contribution in [2.75, 3.05) is 21.9 Å². The summed E-state index contributed by atoms with van der Waals surface area (Å²) >= 11 is 0. The summed E-state index contributed by atoms with van der Waals surface area (Å²) < 4.78 is 29.2. The molecule has 0 bridgehead atoms. The molecule has 45 heavy (non-hydrogen) atoms. The van der Waals surface area contributed by atoms with Crippen LogP contribution < -0.4 is 15.4 Å². The summed E-state index contributed by atoms with van der Waals surface area (Å²) in [5.74, 6) is -0.307. The Hall–Kier alpha value is -5.18. The first kappa shape index (κ1) is 29.9. The van der Waals surface area contributed by atoms with Crippen molar-refractivity contribution >= 4 is 44.3 Å². The number of nitrogens with zero attached hydrogens (tertiary/aromatic N) is 1. The fourth-order valence-electron chi connectivity index (χ4n) is 5.38. The fraction of sp³-hybridized carbons (Fsp3) is 0.108. The maximum atomic E-state index is 13.5. The molecule has 0 saturated carbocycles. The minimum Gasteiger partial charge on any atom is -0.354 e. The second kappa shape index (κ2) is 13.2. The average molecular weight is 615 g/mol. The number of benzene rings is 5. The molecule has 0 aliphatic carbocycles. The Morgan fingerprint density at radius 1 is 0.711 bits per heavy atom. The summed E-state index contributed by atoms with van der Waals surface area (Å²) in [4.78, 5) is 15.9. The monoisotopic (exact) mass is 614 g/mol. The van der Waals surface area contributed by atoms with E-state index in [1.54, 1.807) is 36.4 Å². The van der Waals surface area contributed by atoms with Crippen molar-refractivity contribution < 1.29 is 13.2 Å². The quantitative estimate of drug-likeness (QED) is 0.135. The maximum Gasteiger partial charge on any atom is 0.261 e. The number of hydrogen-bond acceptors (Lipinski definition) is 5.